The van der Waals surface area contributed by atoms with Crippen LogP contribution in [0.1, 0.15) is 5.56 Å². The summed E-state index contributed by atoms with van der Waals surface area (Å²) in [6, 6.07) is 6.40. The molecule has 0 bridgehead atoms. The first kappa shape index (κ1) is 14.3. The third-order valence-electron chi connectivity index (χ3n) is 2.06. The molecule has 1 aromatic carbocycles. The highest BCUT2D eigenvalue weighted by Gasteiger charge is 2.20. The van der Waals surface area contributed by atoms with Gasteiger partial charge in [0.1, 0.15) is 14.0 Å². The Labute approximate surface area is 108 Å². The van der Waals surface area contributed by atoms with Crippen LogP contribution in [-0.2, 0) is 0 Å². The Kier molecular flexibility index (Phi) is 4.09. The standard InChI is InChI=1S/C13H25NOSi2/c1-11-8-9-13(15-17(5,6)7)12(10-11)14-16(2,3)4/h8-10,14H,1-7H3. The molecule has 0 spiro atoms. The van der Waals surface area contributed by atoms with E-state index in [1.165, 1.54) is 5.56 Å². The van der Waals surface area contributed by atoms with E-state index in [1.54, 1.807) is 0 Å². The normalized spacial score (nSPS) is 12.4. The molecule has 0 heterocycles. The largest absolute Gasteiger partial charge is 0.543 e. The van der Waals surface area contributed by atoms with Gasteiger partial charge in [0.05, 0.1) is 5.69 Å². The fourth-order valence-corrected chi connectivity index (χ4v) is 3.41. The molecule has 1 N–H and O–H groups in total. The fraction of sp³-hybridized carbons (Fsp3) is 0.538. The highest BCUT2D eigenvalue weighted by Crippen LogP contribution is 2.29. The zero-order valence-electron chi connectivity index (χ0n) is 12.1. The minimum Gasteiger partial charge on any atom is -0.543 e. The molecule has 0 aliphatic carbocycles. The summed E-state index contributed by atoms with van der Waals surface area (Å²) in [5, 5.41) is 0. The maximum Gasteiger partial charge on any atom is 0.242 e. The van der Waals surface area contributed by atoms with Gasteiger partial charge in [0.2, 0.25) is 8.32 Å². The summed E-state index contributed by atoms with van der Waals surface area (Å²) in [6.07, 6.45) is 0. The van der Waals surface area contributed by atoms with Gasteiger partial charge in [-0.2, -0.15) is 0 Å². The van der Waals surface area contributed by atoms with Gasteiger partial charge >= 0.3 is 0 Å². The van der Waals surface area contributed by atoms with Crippen LogP contribution < -0.4 is 9.41 Å². The van der Waals surface area contributed by atoms with Gasteiger partial charge in [-0.1, -0.05) is 25.7 Å². The van der Waals surface area contributed by atoms with Crippen LogP contribution in [0.2, 0.25) is 39.3 Å². The maximum absolute atomic E-state index is 6.13. The van der Waals surface area contributed by atoms with Crippen molar-refractivity contribution in [3.05, 3.63) is 23.8 Å². The summed E-state index contributed by atoms with van der Waals surface area (Å²) in [7, 11) is -2.89. The number of nitrogens with one attached hydrogen (secondary N) is 1. The molecule has 0 aliphatic heterocycles. The quantitative estimate of drug-likeness (QED) is 0.814. The van der Waals surface area contributed by atoms with Gasteiger partial charge in [0.15, 0.2) is 0 Å². The van der Waals surface area contributed by atoms with E-state index in [-0.39, 0.29) is 0 Å². The monoisotopic (exact) mass is 267 g/mol. The molecule has 0 fully saturated rings. The fourth-order valence-electron chi connectivity index (χ4n) is 1.56. The second-order valence-electron chi connectivity index (χ2n) is 6.59. The average molecular weight is 268 g/mol. The van der Waals surface area contributed by atoms with E-state index in [0.717, 1.165) is 11.4 Å². The number of rotatable bonds is 4. The van der Waals surface area contributed by atoms with Crippen LogP contribution >= 0.6 is 0 Å². The van der Waals surface area contributed by atoms with Gasteiger partial charge < -0.3 is 9.41 Å². The average Bonchev–Trinajstić information content (AvgIpc) is 2.05. The Bertz CT molecular complexity index is 391. The molecule has 4 heteroatoms. The Morgan fingerprint density at radius 2 is 1.59 bits per heavy atom. The Morgan fingerprint density at radius 3 is 2.06 bits per heavy atom. The number of hydrogen-bond acceptors (Lipinski definition) is 2. The van der Waals surface area contributed by atoms with Crippen LogP contribution in [0.25, 0.3) is 0 Å². The van der Waals surface area contributed by atoms with Crippen LogP contribution in [0.4, 0.5) is 5.69 Å². The Balaban J connectivity index is 3.04. The number of aryl methyl sites for hydroxylation is 1. The molecule has 96 valence electrons. The smallest absolute Gasteiger partial charge is 0.242 e. The molecule has 0 aliphatic rings. The van der Waals surface area contributed by atoms with Crippen molar-refractivity contribution in [2.75, 3.05) is 4.98 Å². The lowest BCUT2D eigenvalue weighted by Gasteiger charge is -2.26. The van der Waals surface area contributed by atoms with E-state index in [0.29, 0.717) is 0 Å². The van der Waals surface area contributed by atoms with E-state index in [1.807, 2.05) is 0 Å². The predicted molar refractivity (Wildman–Crippen MR) is 82.1 cm³/mol. The van der Waals surface area contributed by atoms with Crippen LogP contribution in [-0.4, -0.2) is 16.6 Å². The number of benzene rings is 1. The van der Waals surface area contributed by atoms with Crippen LogP contribution in [0.3, 0.4) is 0 Å². The first-order chi connectivity index (χ1) is 7.57. The minimum absolute atomic E-state index is 1.01. The van der Waals surface area contributed by atoms with Gasteiger partial charge in [0, 0.05) is 0 Å². The Hall–Kier alpha value is -0.746. The molecule has 1 aromatic rings. The third-order valence-corrected chi connectivity index (χ3v) is 3.91. The second kappa shape index (κ2) is 4.86. The van der Waals surface area contributed by atoms with Crippen molar-refractivity contribution < 1.29 is 4.43 Å². The zero-order chi connectivity index (χ0) is 13.3. The van der Waals surface area contributed by atoms with E-state index in [9.17, 15) is 0 Å². The first-order valence-electron chi connectivity index (χ1n) is 6.15. The molecule has 0 atom stereocenters. The van der Waals surface area contributed by atoms with Crippen molar-refractivity contribution in [1.29, 1.82) is 0 Å². The lowest BCUT2D eigenvalue weighted by Crippen LogP contribution is -2.34. The predicted octanol–water partition coefficient (Wildman–Crippen LogP) is 4.46. The molecule has 1 rings (SSSR count). The molecule has 0 saturated carbocycles. The van der Waals surface area contributed by atoms with Crippen LogP contribution in [0.5, 0.6) is 5.75 Å². The molecule has 17 heavy (non-hydrogen) atoms. The van der Waals surface area contributed by atoms with Crippen molar-refractivity contribution >= 4 is 22.2 Å². The summed E-state index contributed by atoms with van der Waals surface area (Å²) in [5.41, 5.74) is 2.43. The van der Waals surface area contributed by atoms with Gasteiger partial charge in [-0.25, -0.2) is 0 Å². The lowest BCUT2D eigenvalue weighted by atomic mass is 10.2. The highest BCUT2D eigenvalue weighted by atomic mass is 28.4. The van der Waals surface area contributed by atoms with Gasteiger partial charge in [-0.15, -0.1) is 0 Å². The number of anilines is 1. The summed E-state index contributed by atoms with van der Waals surface area (Å²) >= 11 is 0. The van der Waals surface area contributed by atoms with Crippen LogP contribution in [0.15, 0.2) is 18.2 Å². The molecule has 0 unspecified atom stereocenters. The van der Waals surface area contributed by atoms with Gasteiger partial charge in [-0.3, -0.25) is 0 Å². The molecule has 0 saturated heterocycles. The SMILES string of the molecule is Cc1ccc(O[Si](C)(C)C)c(N[Si](C)(C)C)c1. The molecular formula is C13H25NOSi2. The lowest BCUT2D eigenvalue weighted by molar-refractivity contribution is 0.560. The van der Waals surface area contributed by atoms with E-state index in [2.05, 4.69) is 69.4 Å². The highest BCUT2D eigenvalue weighted by molar-refractivity contribution is 6.79. The first-order valence-corrected chi connectivity index (χ1v) is 13.1. The summed E-state index contributed by atoms with van der Waals surface area (Å²) in [6.45, 7) is 15.7. The van der Waals surface area contributed by atoms with Crippen molar-refractivity contribution in [3.63, 3.8) is 0 Å². The van der Waals surface area contributed by atoms with E-state index in [4.69, 9.17) is 4.43 Å². The number of hydrogen-bond donors (Lipinski definition) is 1. The topological polar surface area (TPSA) is 21.3 Å². The molecule has 2 nitrogen and oxygen atoms in total. The third kappa shape index (κ3) is 5.41. The Morgan fingerprint density at radius 1 is 1.00 bits per heavy atom. The second-order valence-corrected chi connectivity index (χ2v) is 15.8. The van der Waals surface area contributed by atoms with Crippen molar-refractivity contribution in [3.8, 4) is 5.75 Å². The van der Waals surface area contributed by atoms with E-state index >= 15 is 0 Å². The van der Waals surface area contributed by atoms with Crippen LogP contribution in [0, 0.1) is 6.92 Å². The summed E-state index contributed by atoms with van der Waals surface area (Å²) < 4.78 is 6.13. The summed E-state index contributed by atoms with van der Waals surface area (Å²) in [5.74, 6) is 1.01. The molecule has 0 amide bonds. The van der Waals surface area contributed by atoms with Crippen molar-refractivity contribution in [2.45, 2.75) is 46.2 Å². The summed E-state index contributed by atoms with van der Waals surface area (Å²) in [4.78, 5) is 3.65. The maximum atomic E-state index is 6.13. The molecular weight excluding hydrogens is 242 g/mol. The van der Waals surface area contributed by atoms with Gasteiger partial charge in [-0.05, 0) is 44.3 Å². The van der Waals surface area contributed by atoms with Crippen molar-refractivity contribution in [1.82, 2.24) is 0 Å². The molecule has 0 aromatic heterocycles. The van der Waals surface area contributed by atoms with E-state index < -0.39 is 16.6 Å². The minimum atomic E-state index is -1.55. The zero-order valence-corrected chi connectivity index (χ0v) is 14.1. The van der Waals surface area contributed by atoms with Gasteiger partial charge in [0.25, 0.3) is 0 Å². The molecule has 0 radical (unpaired) electrons. The van der Waals surface area contributed by atoms with Crippen molar-refractivity contribution in [2.24, 2.45) is 0 Å².